The Hall–Kier alpha value is -2.12. The second-order valence-corrected chi connectivity index (χ2v) is 7.90. The molecule has 2 unspecified atom stereocenters. The van der Waals surface area contributed by atoms with Crippen molar-refractivity contribution in [2.24, 2.45) is 0 Å². The van der Waals surface area contributed by atoms with Gasteiger partial charge in [0.1, 0.15) is 5.65 Å². The first-order chi connectivity index (χ1) is 13.1. The highest BCUT2D eigenvalue weighted by molar-refractivity contribution is 5.89. The number of aliphatic hydroxyl groups excluding tert-OH is 1. The van der Waals surface area contributed by atoms with Gasteiger partial charge in [-0.1, -0.05) is 12.8 Å². The van der Waals surface area contributed by atoms with E-state index in [-0.39, 0.29) is 18.2 Å². The fraction of sp³-hybridized carbons (Fsp3) is 0.600. The van der Waals surface area contributed by atoms with E-state index in [0.29, 0.717) is 6.04 Å². The molecule has 0 spiro atoms. The van der Waals surface area contributed by atoms with Gasteiger partial charge in [-0.3, -0.25) is 4.90 Å². The minimum atomic E-state index is -0.187. The van der Waals surface area contributed by atoms with Crippen LogP contribution in [0.5, 0.6) is 0 Å². The van der Waals surface area contributed by atoms with Crippen LogP contribution in [0.1, 0.15) is 44.1 Å². The molecule has 7 heteroatoms. The van der Waals surface area contributed by atoms with Gasteiger partial charge >= 0.3 is 6.03 Å². The summed E-state index contributed by atoms with van der Waals surface area (Å²) in [5, 5.41) is 16.3. The van der Waals surface area contributed by atoms with Crippen molar-refractivity contribution in [3.05, 3.63) is 30.2 Å². The number of urea groups is 1. The van der Waals surface area contributed by atoms with Gasteiger partial charge in [-0.25, -0.2) is 9.78 Å². The molecule has 2 amide bonds. The third kappa shape index (κ3) is 4.09. The number of aryl methyl sites for hydroxylation is 1. The van der Waals surface area contributed by atoms with Crippen LogP contribution in [-0.2, 0) is 0 Å². The lowest BCUT2D eigenvalue weighted by molar-refractivity contribution is 0.00786. The number of likely N-dealkylation sites (tertiary alicyclic amines) is 1. The molecule has 1 aliphatic heterocycles. The van der Waals surface area contributed by atoms with Crippen LogP contribution in [-0.4, -0.2) is 56.7 Å². The number of amides is 2. The number of anilines is 1. The van der Waals surface area contributed by atoms with E-state index in [1.165, 1.54) is 6.42 Å². The van der Waals surface area contributed by atoms with Crippen LogP contribution in [0.2, 0.25) is 0 Å². The Morgan fingerprint density at radius 2 is 2.00 bits per heavy atom. The molecule has 0 aromatic carbocycles. The third-order valence-corrected chi connectivity index (χ3v) is 5.96. The Bertz CT molecular complexity index is 797. The Morgan fingerprint density at radius 1 is 1.22 bits per heavy atom. The molecule has 2 aromatic rings. The van der Waals surface area contributed by atoms with Gasteiger partial charge in [0.25, 0.3) is 0 Å². The quantitative estimate of drug-likeness (QED) is 0.774. The summed E-state index contributed by atoms with van der Waals surface area (Å²) in [6, 6.07) is 2.26. The zero-order chi connectivity index (χ0) is 18.8. The van der Waals surface area contributed by atoms with Gasteiger partial charge in [0.15, 0.2) is 0 Å². The highest BCUT2D eigenvalue weighted by atomic mass is 16.3. The second-order valence-electron chi connectivity index (χ2n) is 7.90. The molecule has 3 N–H and O–H groups in total. The average Bonchev–Trinajstić information content (AvgIpc) is 3.12. The molecule has 0 bridgehead atoms. The summed E-state index contributed by atoms with van der Waals surface area (Å²) in [4.78, 5) is 19.1. The molecule has 1 aliphatic carbocycles. The summed E-state index contributed by atoms with van der Waals surface area (Å²) >= 11 is 0. The van der Waals surface area contributed by atoms with Crippen LogP contribution in [0.4, 0.5) is 10.5 Å². The van der Waals surface area contributed by atoms with E-state index in [1.54, 1.807) is 6.20 Å². The molecule has 146 valence electrons. The molecular formula is C20H29N5O2. The molecule has 1 saturated heterocycles. The number of hydrogen-bond donors (Lipinski definition) is 3. The van der Waals surface area contributed by atoms with Crippen molar-refractivity contribution in [2.75, 3.05) is 18.4 Å². The fourth-order valence-corrected chi connectivity index (χ4v) is 4.52. The summed E-state index contributed by atoms with van der Waals surface area (Å²) < 4.78 is 1.92. The molecule has 3 heterocycles. The number of piperidine rings is 1. The van der Waals surface area contributed by atoms with E-state index in [1.807, 2.05) is 29.8 Å². The number of fused-ring (bicyclic) bond motifs is 1. The average molecular weight is 371 g/mol. The number of carbonyl (C=O) groups is 1. The molecule has 2 aromatic heterocycles. The first-order valence-corrected chi connectivity index (χ1v) is 10.0. The largest absolute Gasteiger partial charge is 0.391 e. The summed E-state index contributed by atoms with van der Waals surface area (Å²) in [5.41, 5.74) is 2.69. The minimum Gasteiger partial charge on any atom is -0.391 e. The Balaban J connectivity index is 1.29. The lowest BCUT2D eigenvalue weighted by Crippen LogP contribution is -2.52. The van der Waals surface area contributed by atoms with Gasteiger partial charge in [-0.2, -0.15) is 0 Å². The number of hydrogen-bond acceptors (Lipinski definition) is 4. The van der Waals surface area contributed by atoms with Gasteiger partial charge in [0.2, 0.25) is 0 Å². The molecule has 7 nitrogen and oxygen atoms in total. The zero-order valence-electron chi connectivity index (χ0n) is 15.9. The molecule has 1 saturated carbocycles. The maximum absolute atomic E-state index is 12.4. The number of carbonyl (C=O) groups excluding carboxylic acids is 1. The molecule has 2 fully saturated rings. The molecule has 2 atom stereocenters. The summed E-state index contributed by atoms with van der Waals surface area (Å²) in [6.45, 7) is 3.86. The normalized spacial score (nSPS) is 24.8. The summed E-state index contributed by atoms with van der Waals surface area (Å²) in [7, 11) is 0. The van der Waals surface area contributed by atoms with Crippen molar-refractivity contribution in [1.82, 2.24) is 19.6 Å². The van der Waals surface area contributed by atoms with Crippen LogP contribution in [0.15, 0.2) is 24.7 Å². The van der Waals surface area contributed by atoms with E-state index in [4.69, 9.17) is 0 Å². The molecule has 0 radical (unpaired) electrons. The zero-order valence-corrected chi connectivity index (χ0v) is 15.9. The van der Waals surface area contributed by atoms with Gasteiger partial charge in [-0.05, 0) is 44.2 Å². The van der Waals surface area contributed by atoms with E-state index in [0.717, 1.165) is 62.1 Å². The predicted octanol–water partition coefficient (Wildman–Crippen LogP) is 2.53. The van der Waals surface area contributed by atoms with E-state index in [9.17, 15) is 9.90 Å². The van der Waals surface area contributed by atoms with Crippen molar-refractivity contribution in [3.63, 3.8) is 0 Å². The number of nitrogens with zero attached hydrogens (tertiary/aromatic N) is 3. The smallest absolute Gasteiger partial charge is 0.319 e. The number of imidazole rings is 1. The lowest BCUT2D eigenvalue weighted by atomic mass is 9.89. The predicted molar refractivity (Wildman–Crippen MR) is 105 cm³/mol. The highest BCUT2D eigenvalue weighted by Crippen LogP contribution is 2.26. The van der Waals surface area contributed by atoms with Crippen LogP contribution in [0.25, 0.3) is 5.65 Å². The molecule has 27 heavy (non-hydrogen) atoms. The first-order valence-electron chi connectivity index (χ1n) is 10.0. The number of rotatable bonds is 3. The molecule has 4 rings (SSSR count). The molecular weight excluding hydrogens is 342 g/mol. The lowest BCUT2D eigenvalue weighted by Gasteiger charge is -2.41. The minimum absolute atomic E-state index is 0.162. The fourth-order valence-electron chi connectivity index (χ4n) is 4.52. The SMILES string of the molecule is Cc1cc(NC(=O)NC2CCN(C3CCCCC3O)CC2)cn2ccnc12. The van der Waals surface area contributed by atoms with Crippen molar-refractivity contribution < 1.29 is 9.90 Å². The van der Waals surface area contributed by atoms with Crippen LogP contribution < -0.4 is 10.6 Å². The topological polar surface area (TPSA) is 81.9 Å². The number of pyridine rings is 1. The maximum Gasteiger partial charge on any atom is 0.319 e. The van der Waals surface area contributed by atoms with E-state index >= 15 is 0 Å². The van der Waals surface area contributed by atoms with Gasteiger partial charge in [0, 0.05) is 43.8 Å². The Morgan fingerprint density at radius 3 is 2.78 bits per heavy atom. The maximum atomic E-state index is 12.4. The van der Waals surface area contributed by atoms with Gasteiger partial charge in [0.05, 0.1) is 11.8 Å². The summed E-state index contributed by atoms with van der Waals surface area (Å²) in [5.74, 6) is 0. The van der Waals surface area contributed by atoms with Gasteiger partial charge < -0.3 is 20.1 Å². The standard InChI is InChI=1S/C20H29N5O2/c1-14-12-16(13-25-11-8-21-19(14)25)23-20(27)22-15-6-9-24(10-7-15)17-4-2-3-5-18(17)26/h8,11-13,15,17-18,26H,2-7,9-10H2,1H3,(H2,22,23,27). The van der Waals surface area contributed by atoms with Crippen molar-refractivity contribution >= 4 is 17.4 Å². The van der Waals surface area contributed by atoms with E-state index < -0.39 is 0 Å². The van der Waals surface area contributed by atoms with Crippen molar-refractivity contribution in [3.8, 4) is 0 Å². The number of nitrogens with one attached hydrogen (secondary N) is 2. The van der Waals surface area contributed by atoms with E-state index in [2.05, 4.69) is 20.5 Å². The van der Waals surface area contributed by atoms with Crippen LogP contribution >= 0.6 is 0 Å². The van der Waals surface area contributed by atoms with Crippen molar-refractivity contribution in [2.45, 2.75) is 63.6 Å². The second kappa shape index (κ2) is 7.86. The highest BCUT2D eigenvalue weighted by Gasteiger charge is 2.31. The number of aromatic nitrogens is 2. The van der Waals surface area contributed by atoms with Gasteiger partial charge in [-0.15, -0.1) is 0 Å². The molecule has 2 aliphatic rings. The van der Waals surface area contributed by atoms with Crippen LogP contribution in [0.3, 0.4) is 0 Å². The monoisotopic (exact) mass is 371 g/mol. The first kappa shape index (κ1) is 18.3. The third-order valence-electron chi connectivity index (χ3n) is 5.96. The van der Waals surface area contributed by atoms with Crippen LogP contribution in [0, 0.1) is 6.92 Å². The Kier molecular flexibility index (Phi) is 5.31. The summed E-state index contributed by atoms with van der Waals surface area (Å²) in [6.07, 6.45) is 11.5. The van der Waals surface area contributed by atoms with Crippen molar-refractivity contribution in [1.29, 1.82) is 0 Å². The Labute approximate surface area is 159 Å². The number of aliphatic hydroxyl groups is 1.